The van der Waals surface area contributed by atoms with Crippen molar-refractivity contribution in [3.63, 3.8) is 0 Å². The Labute approximate surface area is 211 Å². The van der Waals surface area contributed by atoms with Crippen LogP contribution in [-0.4, -0.2) is 43.6 Å². The minimum Gasteiger partial charge on any atom is -0.352 e. The summed E-state index contributed by atoms with van der Waals surface area (Å²) in [6.07, 6.45) is 5.55. The van der Waals surface area contributed by atoms with Gasteiger partial charge in [-0.15, -0.1) is 0 Å². The summed E-state index contributed by atoms with van der Waals surface area (Å²) in [4.78, 5) is 21.3. The molecule has 0 aliphatic carbocycles. The highest BCUT2D eigenvalue weighted by Gasteiger charge is 2.37. The molecule has 1 aromatic carbocycles. The molecule has 12 heteroatoms. The molecule has 0 bridgehead atoms. The Morgan fingerprint density at radius 1 is 1.16 bits per heavy atom. The smallest absolute Gasteiger partial charge is 0.352 e. The summed E-state index contributed by atoms with van der Waals surface area (Å²) >= 11 is 0. The van der Waals surface area contributed by atoms with Crippen molar-refractivity contribution in [2.75, 3.05) is 18.4 Å². The lowest BCUT2D eigenvalue weighted by molar-refractivity contribution is -0.140. The number of nitrogens with one attached hydrogen (secondary N) is 3. The van der Waals surface area contributed by atoms with Crippen molar-refractivity contribution in [3.05, 3.63) is 59.8 Å². The summed E-state index contributed by atoms with van der Waals surface area (Å²) in [5.41, 5.74) is 7.09. The minimum atomic E-state index is -4.61. The maximum atomic E-state index is 13.4. The average Bonchev–Trinajstić information content (AvgIpc) is 3.53. The molecule has 0 radical (unpaired) electrons. The Morgan fingerprint density at radius 2 is 1.97 bits per heavy atom. The van der Waals surface area contributed by atoms with Gasteiger partial charge in [-0.05, 0) is 49.6 Å². The molecule has 0 atom stereocenters. The molecule has 0 spiro atoms. The van der Waals surface area contributed by atoms with Crippen LogP contribution in [0.15, 0.2) is 43.0 Å². The number of imidazole rings is 1. The van der Waals surface area contributed by atoms with Crippen LogP contribution < -0.4 is 16.4 Å². The molecule has 196 valence electrons. The number of halogens is 3. The predicted molar refractivity (Wildman–Crippen MR) is 135 cm³/mol. The third kappa shape index (κ3) is 5.91. The summed E-state index contributed by atoms with van der Waals surface area (Å²) in [6.45, 7) is 3.25. The first-order valence-corrected chi connectivity index (χ1v) is 12.1. The van der Waals surface area contributed by atoms with Crippen LogP contribution in [0.1, 0.15) is 54.2 Å². The fourth-order valence-corrected chi connectivity index (χ4v) is 4.15. The van der Waals surface area contributed by atoms with E-state index in [0.29, 0.717) is 42.2 Å². The summed E-state index contributed by atoms with van der Waals surface area (Å²) in [5.74, 6) is 0.239. The highest BCUT2D eigenvalue weighted by atomic mass is 19.4. The van der Waals surface area contributed by atoms with Gasteiger partial charge in [0.25, 0.3) is 5.91 Å². The van der Waals surface area contributed by atoms with E-state index in [1.54, 1.807) is 12.1 Å². The Kier molecular flexibility index (Phi) is 8.07. The molecule has 9 nitrogen and oxygen atoms in total. The first-order valence-electron chi connectivity index (χ1n) is 12.1. The van der Waals surface area contributed by atoms with Gasteiger partial charge in [0, 0.05) is 36.4 Å². The van der Waals surface area contributed by atoms with Gasteiger partial charge in [-0.25, -0.2) is 9.97 Å². The van der Waals surface area contributed by atoms with E-state index < -0.39 is 11.9 Å². The second-order valence-electron chi connectivity index (χ2n) is 8.57. The lowest BCUT2D eigenvalue weighted by atomic mass is 10.0. The van der Waals surface area contributed by atoms with Crippen LogP contribution in [0.25, 0.3) is 16.9 Å². The van der Waals surface area contributed by atoms with Gasteiger partial charge < -0.3 is 16.4 Å². The number of carbonyl (C=O) groups is 1. The number of rotatable bonds is 11. The van der Waals surface area contributed by atoms with Crippen molar-refractivity contribution in [2.24, 2.45) is 5.73 Å². The van der Waals surface area contributed by atoms with Gasteiger partial charge in [0.1, 0.15) is 0 Å². The van der Waals surface area contributed by atoms with E-state index in [1.807, 2.05) is 13.0 Å². The number of alkyl halides is 3. The first kappa shape index (κ1) is 26.1. The second kappa shape index (κ2) is 11.4. The number of benzene rings is 1. The number of hydrogen-bond acceptors (Lipinski definition) is 6. The monoisotopic (exact) mass is 514 g/mol. The number of H-pyrrole nitrogens is 1. The fourth-order valence-electron chi connectivity index (χ4n) is 4.15. The van der Waals surface area contributed by atoms with Crippen LogP contribution >= 0.6 is 0 Å². The van der Waals surface area contributed by atoms with E-state index in [1.165, 1.54) is 29.2 Å². The van der Waals surface area contributed by atoms with E-state index >= 15 is 0 Å². The summed E-state index contributed by atoms with van der Waals surface area (Å²) in [7, 11) is 0. The number of unbranched alkanes of at least 4 members (excludes halogenated alkanes) is 3. The minimum absolute atomic E-state index is 0.111. The molecule has 0 aliphatic heterocycles. The highest BCUT2D eigenvalue weighted by Crippen LogP contribution is 2.36. The lowest BCUT2D eigenvalue weighted by Gasteiger charge is -2.13. The van der Waals surface area contributed by atoms with Crippen molar-refractivity contribution in [2.45, 2.75) is 45.2 Å². The van der Waals surface area contributed by atoms with Crippen LogP contribution in [0.4, 0.5) is 24.7 Å². The standard InChI is InChI=1S/C25H29F3N8O/c1-2-16-13-17(7-8-18(16)24(37)31-10-6-4-3-5-9-29)34-22-23-32-15-20(36(23)12-11-30-22)19-14-33-35-21(19)25(26,27)28/h7-8,11-15H,2-6,9-10,29H2,1H3,(H,30,34)(H,31,37)(H,33,35). The SMILES string of the molecule is CCc1cc(Nc2nccn3c(-c4c[nH]nc4C(F)(F)F)cnc23)ccc1C(=O)NCCCCCCN. The van der Waals surface area contributed by atoms with Crippen molar-refractivity contribution >= 4 is 23.1 Å². The van der Waals surface area contributed by atoms with Crippen molar-refractivity contribution in [1.29, 1.82) is 0 Å². The number of aromatic nitrogens is 5. The average molecular weight is 515 g/mol. The van der Waals surface area contributed by atoms with E-state index in [9.17, 15) is 18.0 Å². The van der Waals surface area contributed by atoms with Gasteiger partial charge in [0.2, 0.25) is 0 Å². The van der Waals surface area contributed by atoms with Crippen molar-refractivity contribution in [1.82, 2.24) is 29.9 Å². The van der Waals surface area contributed by atoms with Crippen LogP contribution in [0, 0.1) is 0 Å². The largest absolute Gasteiger partial charge is 0.435 e. The van der Waals surface area contributed by atoms with Crippen LogP contribution in [0.2, 0.25) is 0 Å². The van der Waals surface area contributed by atoms with Crippen molar-refractivity contribution < 1.29 is 18.0 Å². The maximum Gasteiger partial charge on any atom is 0.435 e. The molecular weight excluding hydrogens is 485 g/mol. The molecule has 4 aromatic rings. The zero-order valence-corrected chi connectivity index (χ0v) is 20.4. The van der Waals surface area contributed by atoms with Crippen LogP contribution in [0.3, 0.4) is 0 Å². The Morgan fingerprint density at radius 3 is 2.73 bits per heavy atom. The third-order valence-electron chi connectivity index (χ3n) is 6.02. The predicted octanol–water partition coefficient (Wildman–Crippen LogP) is 4.69. The highest BCUT2D eigenvalue weighted by molar-refractivity contribution is 5.96. The number of anilines is 2. The number of hydrogen-bond donors (Lipinski definition) is 4. The summed E-state index contributed by atoms with van der Waals surface area (Å²) in [5, 5.41) is 11.8. The van der Waals surface area contributed by atoms with Crippen LogP contribution in [0.5, 0.6) is 0 Å². The molecule has 0 saturated heterocycles. The molecule has 5 N–H and O–H groups in total. The molecule has 3 aromatic heterocycles. The zero-order chi connectivity index (χ0) is 26.4. The fraction of sp³-hybridized carbons (Fsp3) is 0.360. The zero-order valence-electron chi connectivity index (χ0n) is 20.4. The molecular formula is C25H29F3N8O. The maximum absolute atomic E-state index is 13.4. The number of fused-ring (bicyclic) bond motifs is 1. The van der Waals surface area contributed by atoms with Gasteiger partial charge in [0.15, 0.2) is 17.2 Å². The summed E-state index contributed by atoms with van der Waals surface area (Å²) < 4.78 is 41.6. The summed E-state index contributed by atoms with van der Waals surface area (Å²) in [6, 6.07) is 5.38. The lowest BCUT2D eigenvalue weighted by Crippen LogP contribution is -2.25. The van der Waals surface area contributed by atoms with Gasteiger partial charge in [0.05, 0.1) is 17.5 Å². The number of carbonyl (C=O) groups excluding carboxylic acids is 1. The quantitative estimate of drug-likeness (QED) is 0.215. The Balaban J connectivity index is 1.52. The Hall–Kier alpha value is -3.93. The molecule has 3 heterocycles. The molecule has 37 heavy (non-hydrogen) atoms. The first-order chi connectivity index (χ1) is 17.8. The van der Waals surface area contributed by atoms with Crippen molar-refractivity contribution in [3.8, 4) is 11.3 Å². The van der Waals surface area contributed by atoms with Gasteiger partial charge >= 0.3 is 6.18 Å². The van der Waals surface area contributed by atoms with E-state index in [-0.39, 0.29) is 17.2 Å². The van der Waals surface area contributed by atoms with Gasteiger partial charge in [-0.3, -0.25) is 14.3 Å². The normalized spacial score (nSPS) is 11.7. The molecule has 0 unspecified atom stereocenters. The van der Waals surface area contributed by atoms with Gasteiger partial charge in [-0.1, -0.05) is 19.8 Å². The molecule has 0 saturated carbocycles. The molecule has 0 fully saturated rings. The number of aromatic amines is 1. The van der Waals surface area contributed by atoms with E-state index in [4.69, 9.17) is 5.73 Å². The molecule has 0 aliphatic rings. The topological polar surface area (TPSA) is 126 Å². The van der Waals surface area contributed by atoms with Crippen LogP contribution in [-0.2, 0) is 12.6 Å². The van der Waals surface area contributed by atoms with E-state index in [0.717, 1.165) is 31.2 Å². The number of aryl methyl sites for hydroxylation is 1. The molecule has 4 rings (SSSR count). The number of nitrogens with zero attached hydrogens (tertiary/aromatic N) is 4. The number of amides is 1. The van der Waals surface area contributed by atoms with Gasteiger partial charge in [-0.2, -0.15) is 18.3 Å². The van der Waals surface area contributed by atoms with E-state index in [2.05, 4.69) is 30.8 Å². The second-order valence-corrected chi connectivity index (χ2v) is 8.57. The Bertz CT molecular complexity index is 1360. The third-order valence-corrected chi connectivity index (χ3v) is 6.02. The number of nitrogens with two attached hydrogens (primary N) is 1. The molecule has 1 amide bonds.